The molecule has 0 radical (unpaired) electrons. The van der Waals surface area contributed by atoms with E-state index in [1.165, 1.54) is 19.3 Å². The maximum Gasteiger partial charge on any atom is -0.0134 e. The van der Waals surface area contributed by atoms with Crippen LogP contribution in [0.5, 0.6) is 0 Å². The molecule has 0 aromatic carbocycles. The first-order chi connectivity index (χ1) is 5.79. The van der Waals surface area contributed by atoms with Gasteiger partial charge in [-0.15, -0.1) is 0 Å². The van der Waals surface area contributed by atoms with Gasteiger partial charge in [-0.2, -0.15) is 0 Å². The molecule has 0 nitrogen and oxygen atoms in total. The number of hydrogen-bond acceptors (Lipinski definition) is 0. The molecular weight excluding hydrogens is 144 g/mol. The Morgan fingerprint density at radius 3 is 3.00 bits per heavy atom. The third kappa shape index (κ3) is 1.24. The highest BCUT2D eigenvalue weighted by Crippen LogP contribution is 2.39. The summed E-state index contributed by atoms with van der Waals surface area (Å²) in [6.07, 6.45) is 11.3. The lowest BCUT2D eigenvalue weighted by molar-refractivity contribution is 0.300. The van der Waals surface area contributed by atoms with Crippen molar-refractivity contribution in [2.45, 2.75) is 33.1 Å². The third-order valence-electron chi connectivity index (χ3n) is 3.58. The van der Waals surface area contributed by atoms with Crippen molar-refractivity contribution >= 4 is 0 Å². The van der Waals surface area contributed by atoms with E-state index in [2.05, 4.69) is 32.1 Å². The fourth-order valence-corrected chi connectivity index (χ4v) is 2.49. The second-order valence-corrected chi connectivity index (χ2v) is 4.32. The molecular formula is C12H18. The Balaban J connectivity index is 2.27. The van der Waals surface area contributed by atoms with Crippen molar-refractivity contribution in [3.8, 4) is 0 Å². The zero-order valence-electron chi connectivity index (χ0n) is 8.09. The summed E-state index contributed by atoms with van der Waals surface area (Å²) in [7, 11) is 0. The van der Waals surface area contributed by atoms with Gasteiger partial charge in [0.25, 0.3) is 0 Å². The fraction of sp³-hybridized carbons (Fsp3) is 0.667. The van der Waals surface area contributed by atoms with Gasteiger partial charge >= 0.3 is 0 Å². The molecule has 66 valence electrons. The Bertz CT molecular complexity index is 222. The summed E-state index contributed by atoms with van der Waals surface area (Å²) in [6.45, 7) is 4.74. The van der Waals surface area contributed by atoms with Crippen molar-refractivity contribution in [1.82, 2.24) is 0 Å². The van der Waals surface area contributed by atoms with E-state index in [0.717, 1.165) is 17.8 Å². The molecule has 2 aliphatic carbocycles. The van der Waals surface area contributed by atoms with Crippen molar-refractivity contribution in [2.24, 2.45) is 17.8 Å². The average Bonchev–Trinajstić information content (AvgIpc) is 2.12. The Labute approximate surface area is 75.4 Å². The topological polar surface area (TPSA) is 0 Å². The van der Waals surface area contributed by atoms with Crippen LogP contribution in [0.4, 0.5) is 0 Å². The van der Waals surface area contributed by atoms with Gasteiger partial charge in [0.1, 0.15) is 0 Å². The van der Waals surface area contributed by atoms with Gasteiger partial charge in [-0.1, -0.05) is 32.1 Å². The van der Waals surface area contributed by atoms with E-state index in [9.17, 15) is 0 Å². The van der Waals surface area contributed by atoms with Gasteiger partial charge < -0.3 is 0 Å². The molecule has 0 bridgehead atoms. The van der Waals surface area contributed by atoms with Crippen molar-refractivity contribution in [1.29, 1.82) is 0 Å². The Morgan fingerprint density at radius 2 is 2.17 bits per heavy atom. The van der Waals surface area contributed by atoms with E-state index in [-0.39, 0.29) is 0 Å². The minimum atomic E-state index is 0.783. The van der Waals surface area contributed by atoms with Crippen LogP contribution in [0.15, 0.2) is 23.8 Å². The number of hydrogen-bond donors (Lipinski definition) is 0. The molecule has 12 heavy (non-hydrogen) atoms. The van der Waals surface area contributed by atoms with E-state index in [4.69, 9.17) is 0 Å². The third-order valence-corrected chi connectivity index (χ3v) is 3.58. The van der Waals surface area contributed by atoms with Crippen LogP contribution in [0, 0.1) is 17.8 Å². The predicted molar refractivity (Wildman–Crippen MR) is 52.9 cm³/mol. The van der Waals surface area contributed by atoms with Crippen LogP contribution >= 0.6 is 0 Å². The molecule has 0 aromatic rings. The first kappa shape index (κ1) is 8.10. The lowest BCUT2D eigenvalue weighted by Gasteiger charge is -2.34. The largest absolute Gasteiger partial charge is 0.0811 e. The van der Waals surface area contributed by atoms with E-state index in [1.807, 2.05) is 0 Å². The van der Waals surface area contributed by atoms with Gasteiger partial charge in [-0.05, 0) is 42.6 Å². The van der Waals surface area contributed by atoms with Gasteiger partial charge in [0.05, 0.1) is 0 Å². The molecule has 3 unspecified atom stereocenters. The normalized spacial score (nSPS) is 40.5. The Kier molecular flexibility index (Phi) is 2.08. The van der Waals surface area contributed by atoms with Crippen LogP contribution in [0.3, 0.4) is 0 Å². The summed E-state index contributed by atoms with van der Waals surface area (Å²) >= 11 is 0. The molecule has 0 fully saturated rings. The van der Waals surface area contributed by atoms with Crippen molar-refractivity contribution in [3.05, 3.63) is 23.8 Å². The lowest BCUT2D eigenvalue weighted by Crippen LogP contribution is -2.24. The van der Waals surface area contributed by atoms with E-state index in [1.54, 1.807) is 5.57 Å². The molecule has 2 aliphatic rings. The summed E-state index contributed by atoms with van der Waals surface area (Å²) in [5.41, 5.74) is 1.62. The van der Waals surface area contributed by atoms with Crippen LogP contribution in [-0.4, -0.2) is 0 Å². The molecule has 0 heteroatoms. The quantitative estimate of drug-likeness (QED) is 0.511. The highest BCUT2D eigenvalue weighted by Gasteiger charge is 2.28. The first-order valence-electron chi connectivity index (χ1n) is 5.17. The number of fused-ring (bicyclic) bond motifs is 1. The van der Waals surface area contributed by atoms with Gasteiger partial charge in [0.2, 0.25) is 0 Å². The van der Waals surface area contributed by atoms with E-state index in [0.29, 0.717) is 0 Å². The van der Waals surface area contributed by atoms with Gasteiger partial charge in [-0.3, -0.25) is 0 Å². The molecule has 0 saturated heterocycles. The zero-order chi connectivity index (χ0) is 8.55. The Morgan fingerprint density at radius 1 is 1.33 bits per heavy atom. The van der Waals surface area contributed by atoms with E-state index >= 15 is 0 Å². The summed E-state index contributed by atoms with van der Waals surface area (Å²) in [5, 5.41) is 0. The van der Waals surface area contributed by atoms with Crippen molar-refractivity contribution in [3.63, 3.8) is 0 Å². The van der Waals surface area contributed by atoms with Gasteiger partial charge in [0, 0.05) is 0 Å². The second kappa shape index (κ2) is 3.08. The van der Waals surface area contributed by atoms with Crippen molar-refractivity contribution in [2.75, 3.05) is 0 Å². The van der Waals surface area contributed by atoms with Crippen LogP contribution < -0.4 is 0 Å². The average molecular weight is 162 g/mol. The fourth-order valence-electron chi connectivity index (χ4n) is 2.49. The van der Waals surface area contributed by atoms with Crippen LogP contribution in [0.25, 0.3) is 0 Å². The molecule has 0 aliphatic heterocycles. The molecule has 2 rings (SSSR count). The minimum absolute atomic E-state index is 0.783. The zero-order valence-corrected chi connectivity index (χ0v) is 8.09. The molecule has 0 spiro atoms. The Hall–Kier alpha value is -0.520. The highest BCUT2D eigenvalue weighted by molar-refractivity contribution is 5.28. The highest BCUT2D eigenvalue weighted by atomic mass is 14.3. The van der Waals surface area contributed by atoms with Gasteiger partial charge in [0.15, 0.2) is 0 Å². The monoisotopic (exact) mass is 162 g/mol. The summed E-state index contributed by atoms with van der Waals surface area (Å²) in [5.74, 6) is 2.52. The first-order valence-corrected chi connectivity index (χ1v) is 5.17. The lowest BCUT2D eigenvalue weighted by atomic mass is 9.71. The maximum absolute atomic E-state index is 2.44. The summed E-state index contributed by atoms with van der Waals surface area (Å²) in [6, 6.07) is 0. The molecule has 0 aromatic heterocycles. The van der Waals surface area contributed by atoms with Crippen molar-refractivity contribution < 1.29 is 0 Å². The summed E-state index contributed by atoms with van der Waals surface area (Å²) in [4.78, 5) is 0. The van der Waals surface area contributed by atoms with Crippen LogP contribution in [0.1, 0.15) is 33.1 Å². The smallest absolute Gasteiger partial charge is 0.0134 e. The van der Waals surface area contributed by atoms with Crippen LogP contribution in [-0.2, 0) is 0 Å². The van der Waals surface area contributed by atoms with E-state index < -0.39 is 0 Å². The summed E-state index contributed by atoms with van der Waals surface area (Å²) < 4.78 is 0. The maximum atomic E-state index is 2.44. The second-order valence-electron chi connectivity index (χ2n) is 4.32. The standard InChI is InChI=1S/C12H18/c1-9-7-8-11-5-3-4-6-12(11)10(9)2/h5,7-10,12H,3-4,6H2,1-2H3. The molecule has 0 heterocycles. The van der Waals surface area contributed by atoms with Gasteiger partial charge in [-0.25, -0.2) is 0 Å². The molecule has 0 saturated carbocycles. The number of rotatable bonds is 0. The molecule has 0 N–H and O–H groups in total. The van der Waals surface area contributed by atoms with Crippen LogP contribution in [0.2, 0.25) is 0 Å². The predicted octanol–water partition coefficient (Wildman–Crippen LogP) is 3.55. The SMILES string of the molecule is CC1C=CC2=CCCCC2C1C. The molecule has 0 amide bonds. The number of allylic oxidation sites excluding steroid dienone is 4. The minimum Gasteiger partial charge on any atom is -0.0811 e. The molecule has 3 atom stereocenters.